The number of aromatic nitrogens is 1. The Morgan fingerprint density at radius 3 is 2.41 bits per heavy atom. The summed E-state index contributed by atoms with van der Waals surface area (Å²) in [5.74, 6) is -0.343. The lowest BCUT2D eigenvalue weighted by Crippen LogP contribution is -2.26. The topological polar surface area (TPSA) is 79.4 Å². The molecule has 6 nitrogen and oxygen atoms in total. The first kappa shape index (κ1) is 21.5. The van der Waals surface area contributed by atoms with Gasteiger partial charge in [-0.05, 0) is 62.4 Å². The van der Waals surface area contributed by atoms with Gasteiger partial charge >= 0.3 is 0 Å². The zero-order valence-electron chi connectivity index (χ0n) is 18.0. The summed E-state index contributed by atoms with van der Waals surface area (Å²) in [4.78, 5) is 17.6. The molecule has 1 amide bonds. The molecule has 0 saturated carbocycles. The predicted molar refractivity (Wildman–Crippen MR) is 128 cm³/mol. The molecular formula is C25H23N3O3S. The lowest BCUT2D eigenvalue weighted by Gasteiger charge is -2.20. The Morgan fingerprint density at radius 2 is 1.66 bits per heavy atom. The van der Waals surface area contributed by atoms with E-state index in [4.69, 9.17) is 0 Å². The van der Waals surface area contributed by atoms with Crippen molar-refractivity contribution in [1.82, 2.24) is 4.98 Å². The molecule has 0 saturated heterocycles. The standard InChI is InChI=1S/C25H23N3O3S/c1-17-12-13-24-19(14-17)15-23(18(2)26-24)25(29)27-20-8-7-11-22(16-20)32(30,31)28(3)21-9-5-4-6-10-21/h4-16H,1-3H3,(H,27,29). The Hall–Kier alpha value is -3.71. The highest BCUT2D eigenvalue weighted by Gasteiger charge is 2.22. The van der Waals surface area contributed by atoms with E-state index in [1.165, 1.54) is 23.5 Å². The molecule has 0 radical (unpaired) electrons. The summed E-state index contributed by atoms with van der Waals surface area (Å²) in [5, 5.41) is 3.68. The van der Waals surface area contributed by atoms with Crippen molar-refractivity contribution in [3.8, 4) is 0 Å². The Labute approximate surface area is 187 Å². The normalized spacial score (nSPS) is 11.3. The monoisotopic (exact) mass is 445 g/mol. The van der Waals surface area contributed by atoms with Gasteiger partial charge in [0, 0.05) is 18.1 Å². The third-order valence-corrected chi connectivity index (χ3v) is 7.06. The van der Waals surface area contributed by atoms with Crippen LogP contribution in [-0.2, 0) is 10.0 Å². The molecule has 0 unspecified atom stereocenters. The molecule has 0 aliphatic carbocycles. The highest BCUT2D eigenvalue weighted by molar-refractivity contribution is 7.92. The van der Waals surface area contributed by atoms with Crippen LogP contribution in [-0.4, -0.2) is 26.4 Å². The third kappa shape index (κ3) is 4.20. The second kappa shape index (κ2) is 8.43. The fourth-order valence-electron chi connectivity index (χ4n) is 3.49. The zero-order chi connectivity index (χ0) is 22.9. The van der Waals surface area contributed by atoms with Gasteiger partial charge in [-0.1, -0.05) is 35.9 Å². The van der Waals surface area contributed by atoms with Crippen LogP contribution in [0.15, 0.2) is 83.8 Å². The molecule has 162 valence electrons. The Kier molecular flexibility index (Phi) is 5.67. The number of para-hydroxylation sites is 1. The summed E-state index contributed by atoms with van der Waals surface area (Å²) >= 11 is 0. The first-order valence-electron chi connectivity index (χ1n) is 10.1. The fourth-order valence-corrected chi connectivity index (χ4v) is 4.73. The summed E-state index contributed by atoms with van der Waals surface area (Å²) in [6.07, 6.45) is 0. The summed E-state index contributed by atoms with van der Waals surface area (Å²) in [5.41, 5.74) is 3.89. The van der Waals surface area contributed by atoms with Gasteiger partial charge in [0.2, 0.25) is 0 Å². The molecule has 3 aromatic carbocycles. The number of hydrogen-bond acceptors (Lipinski definition) is 4. The fraction of sp³-hybridized carbons (Fsp3) is 0.120. The maximum absolute atomic E-state index is 13.1. The van der Waals surface area contributed by atoms with Gasteiger partial charge in [-0.25, -0.2) is 8.42 Å². The summed E-state index contributed by atoms with van der Waals surface area (Å²) < 4.78 is 27.4. The molecule has 1 aromatic heterocycles. The van der Waals surface area contributed by atoms with E-state index in [1.807, 2.05) is 37.3 Å². The average molecular weight is 446 g/mol. The molecule has 32 heavy (non-hydrogen) atoms. The Bertz CT molecular complexity index is 1420. The van der Waals surface area contributed by atoms with Gasteiger partial charge < -0.3 is 5.32 Å². The van der Waals surface area contributed by atoms with E-state index < -0.39 is 10.0 Å². The maximum Gasteiger partial charge on any atom is 0.264 e. The van der Waals surface area contributed by atoms with Crippen molar-refractivity contribution in [1.29, 1.82) is 0 Å². The number of carbonyl (C=O) groups excluding carboxylic acids is 1. The molecule has 0 atom stereocenters. The molecular weight excluding hydrogens is 422 g/mol. The highest BCUT2D eigenvalue weighted by Crippen LogP contribution is 2.24. The van der Waals surface area contributed by atoms with E-state index in [9.17, 15) is 13.2 Å². The van der Waals surface area contributed by atoms with E-state index >= 15 is 0 Å². The Balaban J connectivity index is 1.62. The second-order valence-corrected chi connectivity index (χ2v) is 9.58. The van der Waals surface area contributed by atoms with Crippen LogP contribution in [0.5, 0.6) is 0 Å². The number of hydrogen-bond donors (Lipinski definition) is 1. The van der Waals surface area contributed by atoms with E-state index in [0.717, 1.165) is 16.5 Å². The van der Waals surface area contributed by atoms with Crippen LogP contribution >= 0.6 is 0 Å². The number of fused-ring (bicyclic) bond motifs is 1. The molecule has 0 fully saturated rings. The largest absolute Gasteiger partial charge is 0.322 e. The van der Waals surface area contributed by atoms with Crippen LogP contribution in [0.25, 0.3) is 10.9 Å². The second-order valence-electron chi connectivity index (χ2n) is 7.61. The number of amides is 1. The molecule has 7 heteroatoms. The van der Waals surface area contributed by atoms with Crippen molar-refractivity contribution in [3.05, 3.63) is 95.7 Å². The van der Waals surface area contributed by atoms with Crippen LogP contribution < -0.4 is 9.62 Å². The minimum atomic E-state index is -3.79. The smallest absolute Gasteiger partial charge is 0.264 e. The van der Waals surface area contributed by atoms with Crippen LogP contribution in [0.1, 0.15) is 21.6 Å². The number of benzene rings is 3. The first-order valence-corrected chi connectivity index (χ1v) is 11.5. The van der Waals surface area contributed by atoms with Gasteiger partial charge in [0.05, 0.1) is 27.4 Å². The van der Waals surface area contributed by atoms with Gasteiger partial charge in [0.25, 0.3) is 15.9 Å². The van der Waals surface area contributed by atoms with Crippen LogP contribution in [0.2, 0.25) is 0 Å². The van der Waals surface area contributed by atoms with Gasteiger partial charge in [0.1, 0.15) is 0 Å². The highest BCUT2D eigenvalue weighted by atomic mass is 32.2. The maximum atomic E-state index is 13.1. The SMILES string of the molecule is Cc1ccc2nc(C)c(C(=O)Nc3cccc(S(=O)(=O)N(C)c4ccccc4)c3)cc2c1. The summed E-state index contributed by atoms with van der Waals surface area (Å²) in [7, 11) is -2.29. The van der Waals surface area contributed by atoms with E-state index in [1.54, 1.807) is 43.3 Å². The zero-order valence-corrected chi connectivity index (χ0v) is 18.8. The summed E-state index contributed by atoms with van der Waals surface area (Å²) in [6, 6.07) is 22.8. The summed E-state index contributed by atoms with van der Waals surface area (Å²) in [6.45, 7) is 3.77. The van der Waals surface area contributed by atoms with Gasteiger partial charge in [-0.3, -0.25) is 14.1 Å². The van der Waals surface area contributed by atoms with Crippen LogP contribution in [0, 0.1) is 13.8 Å². The number of nitrogens with one attached hydrogen (secondary N) is 1. The Morgan fingerprint density at radius 1 is 0.906 bits per heavy atom. The number of rotatable bonds is 5. The quantitative estimate of drug-likeness (QED) is 0.472. The third-order valence-electron chi connectivity index (χ3n) is 5.28. The van der Waals surface area contributed by atoms with Gasteiger partial charge in [-0.2, -0.15) is 0 Å². The van der Waals surface area contributed by atoms with Crippen molar-refractivity contribution >= 4 is 38.2 Å². The van der Waals surface area contributed by atoms with Crippen molar-refractivity contribution < 1.29 is 13.2 Å². The molecule has 1 N–H and O–H groups in total. The molecule has 4 aromatic rings. The van der Waals surface area contributed by atoms with Crippen molar-refractivity contribution in [3.63, 3.8) is 0 Å². The van der Waals surface area contributed by atoms with Crippen LogP contribution in [0.4, 0.5) is 11.4 Å². The van der Waals surface area contributed by atoms with Crippen molar-refractivity contribution in [2.75, 3.05) is 16.7 Å². The van der Waals surface area contributed by atoms with Crippen molar-refractivity contribution in [2.45, 2.75) is 18.7 Å². The molecule has 0 aliphatic heterocycles. The number of nitrogens with zero attached hydrogens (tertiary/aromatic N) is 2. The van der Waals surface area contributed by atoms with Gasteiger partial charge in [-0.15, -0.1) is 0 Å². The lowest BCUT2D eigenvalue weighted by atomic mass is 10.1. The number of aryl methyl sites for hydroxylation is 2. The van der Waals surface area contributed by atoms with Gasteiger partial charge in [0.15, 0.2) is 0 Å². The minimum absolute atomic E-state index is 0.0886. The number of anilines is 2. The number of pyridine rings is 1. The predicted octanol–water partition coefficient (Wildman–Crippen LogP) is 4.93. The first-order chi connectivity index (χ1) is 15.3. The molecule has 1 heterocycles. The van der Waals surface area contributed by atoms with Crippen LogP contribution in [0.3, 0.4) is 0 Å². The average Bonchev–Trinajstić information content (AvgIpc) is 2.79. The lowest BCUT2D eigenvalue weighted by molar-refractivity contribution is 0.102. The van der Waals surface area contributed by atoms with E-state index in [2.05, 4.69) is 10.3 Å². The van der Waals surface area contributed by atoms with Crippen molar-refractivity contribution in [2.24, 2.45) is 0 Å². The molecule has 0 bridgehead atoms. The molecule has 0 spiro atoms. The molecule has 4 rings (SSSR count). The number of sulfonamides is 1. The van der Waals surface area contributed by atoms with E-state index in [-0.39, 0.29) is 10.8 Å². The number of carbonyl (C=O) groups is 1. The van der Waals surface area contributed by atoms with E-state index in [0.29, 0.717) is 22.6 Å². The molecule has 0 aliphatic rings. The minimum Gasteiger partial charge on any atom is -0.322 e.